The molecule has 2 N–H and O–H groups in total. The average molecular weight is 369 g/mol. The van der Waals surface area contributed by atoms with Crippen molar-refractivity contribution in [2.45, 2.75) is 12.8 Å². The van der Waals surface area contributed by atoms with Gasteiger partial charge in [-0.2, -0.15) is 0 Å². The Kier molecular flexibility index (Phi) is 5.96. The van der Waals surface area contributed by atoms with Crippen molar-refractivity contribution in [3.05, 3.63) is 59.7 Å². The molecule has 1 amide bonds. The highest BCUT2D eigenvalue weighted by atomic mass is 16.5. The second-order valence-corrected chi connectivity index (χ2v) is 6.62. The van der Waals surface area contributed by atoms with Crippen molar-refractivity contribution in [1.82, 2.24) is 5.32 Å². The minimum absolute atomic E-state index is 0.0599. The van der Waals surface area contributed by atoms with E-state index < -0.39 is 11.9 Å². The lowest BCUT2D eigenvalue weighted by atomic mass is 9.95. The molecule has 6 nitrogen and oxygen atoms in total. The Morgan fingerprint density at radius 3 is 2.74 bits per heavy atom. The molecule has 0 spiro atoms. The van der Waals surface area contributed by atoms with E-state index in [2.05, 4.69) is 5.32 Å². The summed E-state index contributed by atoms with van der Waals surface area (Å²) in [5.41, 5.74) is 1.80. The van der Waals surface area contributed by atoms with Crippen molar-refractivity contribution in [2.24, 2.45) is 11.8 Å². The first-order valence-corrected chi connectivity index (χ1v) is 8.91. The molecule has 0 bridgehead atoms. The number of carboxylic acids is 1. The van der Waals surface area contributed by atoms with Crippen LogP contribution in [-0.2, 0) is 22.4 Å². The molecular formula is C21H23NO5. The van der Waals surface area contributed by atoms with Gasteiger partial charge >= 0.3 is 5.97 Å². The van der Waals surface area contributed by atoms with Crippen molar-refractivity contribution >= 4 is 11.9 Å². The SMILES string of the molecule is COc1ccccc1CC(CNC(=O)C1COc2ccccc2C1)C(=O)O. The molecule has 2 atom stereocenters. The number of fused-ring (bicyclic) bond motifs is 1. The molecule has 2 aromatic rings. The normalized spacial score (nSPS) is 16.6. The number of hydrogen-bond donors (Lipinski definition) is 2. The Morgan fingerprint density at radius 1 is 1.22 bits per heavy atom. The summed E-state index contributed by atoms with van der Waals surface area (Å²) < 4.78 is 10.9. The Balaban J connectivity index is 1.60. The number of carboxylic acid groups (broad SMARTS) is 1. The first-order chi connectivity index (χ1) is 13.1. The van der Waals surface area contributed by atoms with Gasteiger partial charge in [-0.15, -0.1) is 0 Å². The molecule has 0 aliphatic carbocycles. The predicted octanol–water partition coefficient (Wildman–Crippen LogP) is 2.31. The Hall–Kier alpha value is -3.02. The molecule has 0 saturated carbocycles. The van der Waals surface area contributed by atoms with Crippen LogP contribution >= 0.6 is 0 Å². The summed E-state index contributed by atoms with van der Waals surface area (Å²) in [6.45, 7) is 0.359. The van der Waals surface area contributed by atoms with Crippen LogP contribution in [-0.4, -0.2) is 37.2 Å². The lowest BCUT2D eigenvalue weighted by Crippen LogP contribution is -2.41. The van der Waals surface area contributed by atoms with Gasteiger partial charge in [0.25, 0.3) is 0 Å². The van der Waals surface area contributed by atoms with E-state index in [0.717, 1.165) is 16.9 Å². The van der Waals surface area contributed by atoms with E-state index in [9.17, 15) is 14.7 Å². The molecule has 0 fully saturated rings. The molecule has 6 heteroatoms. The van der Waals surface area contributed by atoms with Gasteiger partial charge in [0.05, 0.1) is 18.9 Å². The molecule has 0 aromatic heterocycles. The minimum Gasteiger partial charge on any atom is -0.496 e. The number of benzene rings is 2. The molecule has 1 aliphatic heterocycles. The summed E-state index contributed by atoms with van der Waals surface area (Å²) in [6, 6.07) is 14.9. The molecule has 27 heavy (non-hydrogen) atoms. The highest BCUT2D eigenvalue weighted by Crippen LogP contribution is 2.27. The van der Waals surface area contributed by atoms with Gasteiger partial charge in [-0.1, -0.05) is 36.4 Å². The largest absolute Gasteiger partial charge is 0.496 e. The van der Waals surface area contributed by atoms with E-state index in [1.165, 1.54) is 0 Å². The number of carbonyl (C=O) groups excluding carboxylic acids is 1. The summed E-state index contributed by atoms with van der Waals surface area (Å²) >= 11 is 0. The van der Waals surface area contributed by atoms with Crippen molar-refractivity contribution in [3.8, 4) is 11.5 Å². The Labute approximate surface area is 158 Å². The van der Waals surface area contributed by atoms with Crippen LogP contribution in [0.1, 0.15) is 11.1 Å². The molecule has 2 aromatic carbocycles. The molecule has 0 saturated heterocycles. The van der Waals surface area contributed by atoms with Crippen LogP contribution in [0.5, 0.6) is 11.5 Å². The summed E-state index contributed by atoms with van der Waals surface area (Å²) in [7, 11) is 1.55. The molecular weight excluding hydrogens is 346 g/mol. The zero-order valence-corrected chi connectivity index (χ0v) is 15.2. The molecule has 1 heterocycles. The quantitative estimate of drug-likeness (QED) is 0.782. The van der Waals surface area contributed by atoms with Gasteiger partial charge in [0.1, 0.15) is 18.1 Å². The van der Waals surface area contributed by atoms with Crippen LogP contribution in [0, 0.1) is 11.8 Å². The summed E-state index contributed by atoms with van der Waals surface area (Å²) in [6.07, 6.45) is 0.871. The monoisotopic (exact) mass is 369 g/mol. The third-order valence-electron chi connectivity index (χ3n) is 4.78. The van der Waals surface area contributed by atoms with Gasteiger partial charge in [-0.25, -0.2) is 0 Å². The van der Waals surface area contributed by atoms with Crippen LogP contribution in [0.25, 0.3) is 0 Å². The van der Waals surface area contributed by atoms with E-state index in [0.29, 0.717) is 18.8 Å². The first kappa shape index (κ1) is 18.8. The average Bonchev–Trinajstić information content (AvgIpc) is 2.70. The van der Waals surface area contributed by atoms with Crippen molar-refractivity contribution in [2.75, 3.05) is 20.3 Å². The van der Waals surface area contributed by atoms with Gasteiger partial charge in [0, 0.05) is 6.54 Å². The fraction of sp³-hybridized carbons (Fsp3) is 0.333. The molecule has 0 radical (unpaired) electrons. The first-order valence-electron chi connectivity index (χ1n) is 8.91. The fourth-order valence-electron chi connectivity index (χ4n) is 3.25. The smallest absolute Gasteiger partial charge is 0.308 e. The highest BCUT2D eigenvalue weighted by Gasteiger charge is 2.27. The van der Waals surface area contributed by atoms with Crippen molar-refractivity contribution < 1.29 is 24.2 Å². The number of ether oxygens (including phenoxy) is 2. The Morgan fingerprint density at radius 2 is 1.96 bits per heavy atom. The standard InChI is InChI=1S/C21H23NO5/c1-26-18-8-4-2-6-14(18)10-16(21(24)25)12-22-20(23)17-11-15-7-3-5-9-19(15)27-13-17/h2-9,16-17H,10-13H2,1H3,(H,22,23)(H,24,25). The number of nitrogens with one attached hydrogen (secondary N) is 1. The third-order valence-corrected chi connectivity index (χ3v) is 4.78. The van der Waals surface area contributed by atoms with E-state index in [4.69, 9.17) is 9.47 Å². The van der Waals surface area contributed by atoms with E-state index in [1.807, 2.05) is 42.5 Å². The maximum absolute atomic E-state index is 12.5. The van der Waals surface area contributed by atoms with Gasteiger partial charge in [-0.05, 0) is 36.1 Å². The number of rotatable bonds is 7. The topological polar surface area (TPSA) is 84.9 Å². The second kappa shape index (κ2) is 8.58. The molecule has 1 aliphatic rings. The third kappa shape index (κ3) is 4.58. The maximum Gasteiger partial charge on any atom is 0.308 e. The van der Waals surface area contributed by atoms with Crippen molar-refractivity contribution in [3.63, 3.8) is 0 Å². The minimum atomic E-state index is -0.952. The second-order valence-electron chi connectivity index (χ2n) is 6.62. The van der Waals surface area contributed by atoms with Crippen molar-refractivity contribution in [1.29, 1.82) is 0 Å². The number of hydrogen-bond acceptors (Lipinski definition) is 4. The molecule has 2 unspecified atom stereocenters. The van der Waals surface area contributed by atoms with Crippen LogP contribution in [0.15, 0.2) is 48.5 Å². The van der Waals surface area contributed by atoms with Crippen LogP contribution in [0.3, 0.4) is 0 Å². The van der Waals surface area contributed by atoms with Gasteiger partial charge in [0.15, 0.2) is 0 Å². The van der Waals surface area contributed by atoms with E-state index in [-0.39, 0.29) is 24.8 Å². The van der Waals surface area contributed by atoms with Crippen LogP contribution < -0.4 is 14.8 Å². The summed E-state index contributed by atoms with van der Waals surface area (Å²) in [5, 5.41) is 12.3. The van der Waals surface area contributed by atoms with Crippen LogP contribution in [0.4, 0.5) is 0 Å². The Bertz CT molecular complexity index is 820. The number of aliphatic carboxylic acids is 1. The predicted molar refractivity (Wildman–Crippen MR) is 100.0 cm³/mol. The number of amides is 1. The fourth-order valence-corrected chi connectivity index (χ4v) is 3.25. The number of methoxy groups -OCH3 is 1. The zero-order valence-electron chi connectivity index (χ0n) is 15.2. The molecule has 142 valence electrons. The van der Waals surface area contributed by atoms with Gasteiger partial charge in [-0.3, -0.25) is 9.59 Å². The van der Waals surface area contributed by atoms with E-state index in [1.54, 1.807) is 13.2 Å². The van der Waals surface area contributed by atoms with E-state index >= 15 is 0 Å². The molecule has 3 rings (SSSR count). The van der Waals surface area contributed by atoms with Gasteiger partial charge in [0.2, 0.25) is 5.91 Å². The number of para-hydroxylation sites is 2. The zero-order chi connectivity index (χ0) is 19.2. The highest BCUT2D eigenvalue weighted by molar-refractivity contribution is 5.80. The maximum atomic E-state index is 12.5. The summed E-state index contributed by atoms with van der Waals surface area (Å²) in [4.78, 5) is 24.1. The van der Waals surface area contributed by atoms with Crippen LogP contribution in [0.2, 0.25) is 0 Å². The lowest BCUT2D eigenvalue weighted by molar-refractivity contribution is -0.141. The number of carbonyl (C=O) groups is 2. The summed E-state index contributed by atoms with van der Waals surface area (Å²) in [5.74, 6) is -0.738. The lowest BCUT2D eigenvalue weighted by Gasteiger charge is -2.25. The van der Waals surface area contributed by atoms with Gasteiger partial charge < -0.3 is 19.9 Å².